The molecule has 0 radical (unpaired) electrons. The van der Waals surface area contributed by atoms with Gasteiger partial charge in [0, 0.05) is 25.0 Å². The number of amides is 1. The lowest BCUT2D eigenvalue weighted by molar-refractivity contribution is -0.129. The molecule has 0 spiro atoms. The van der Waals surface area contributed by atoms with E-state index in [2.05, 4.69) is 0 Å². The minimum Gasteiger partial charge on any atom is -0.343 e. The van der Waals surface area contributed by atoms with E-state index in [0.29, 0.717) is 0 Å². The third-order valence-electron chi connectivity index (χ3n) is 2.60. The number of hydrogen-bond acceptors (Lipinski definition) is 1. The van der Waals surface area contributed by atoms with Crippen LogP contribution in [0.15, 0.2) is 24.3 Å². The van der Waals surface area contributed by atoms with Crippen molar-refractivity contribution in [2.75, 3.05) is 7.05 Å². The van der Waals surface area contributed by atoms with Crippen molar-refractivity contribution in [3.63, 3.8) is 0 Å². The van der Waals surface area contributed by atoms with Crippen LogP contribution in [0.3, 0.4) is 0 Å². The fourth-order valence-corrected chi connectivity index (χ4v) is 1.53. The van der Waals surface area contributed by atoms with E-state index in [-0.39, 0.29) is 11.9 Å². The van der Waals surface area contributed by atoms with E-state index in [1.54, 1.807) is 11.8 Å². The Kier molecular flexibility index (Phi) is 4.15. The molecule has 0 aromatic heterocycles. The molecule has 0 saturated heterocycles. The van der Waals surface area contributed by atoms with Gasteiger partial charge in [-0.3, -0.25) is 4.79 Å². The van der Waals surface area contributed by atoms with Crippen LogP contribution in [0.5, 0.6) is 0 Å². The lowest BCUT2D eigenvalue weighted by Crippen LogP contribution is -2.34. The van der Waals surface area contributed by atoms with Gasteiger partial charge in [-0.15, -0.1) is 0 Å². The molecule has 0 N–H and O–H groups in total. The minimum atomic E-state index is 0.0939. The Hall–Kier alpha value is -1.02. The van der Waals surface area contributed by atoms with E-state index in [1.807, 2.05) is 38.2 Å². The first-order valence-corrected chi connectivity index (χ1v) is 5.36. The maximum absolute atomic E-state index is 11.1. The van der Waals surface area contributed by atoms with Gasteiger partial charge in [0.15, 0.2) is 0 Å². The molecule has 2 nitrogen and oxygen atoms in total. The van der Waals surface area contributed by atoms with Crippen molar-refractivity contribution < 1.29 is 4.79 Å². The van der Waals surface area contributed by atoms with Crippen LogP contribution in [0.2, 0.25) is 5.02 Å². The second-order valence-electron chi connectivity index (χ2n) is 3.81. The minimum absolute atomic E-state index is 0.0939. The van der Waals surface area contributed by atoms with Crippen LogP contribution in [0.1, 0.15) is 19.4 Å². The highest BCUT2D eigenvalue weighted by Gasteiger charge is 2.11. The monoisotopic (exact) mass is 225 g/mol. The summed E-state index contributed by atoms with van der Waals surface area (Å²) < 4.78 is 0. The lowest BCUT2D eigenvalue weighted by atomic mass is 10.1. The average molecular weight is 226 g/mol. The van der Waals surface area contributed by atoms with E-state index < -0.39 is 0 Å². The van der Waals surface area contributed by atoms with Crippen LogP contribution in [0.4, 0.5) is 0 Å². The van der Waals surface area contributed by atoms with Gasteiger partial charge in [0.05, 0.1) is 0 Å². The van der Waals surface area contributed by atoms with Gasteiger partial charge in [0.1, 0.15) is 0 Å². The Morgan fingerprint density at radius 3 is 2.40 bits per heavy atom. The first-order chi connectivity index (χ1) is 7.00. The summed E-state index contributed by atoms with van der Waals surface area (Å²) >= 11 is 5.80. The van der Waals surface area contributed by atoms with Crippen molar-refractivity contribution in [3.8, 4) is 0 Å². The van der Waals surface area contributed by atoms with Gasteiger partial charge in [-0.2, -0.15) is 0 Å². The van der Waals surface area contributed by atoms with E-state index in [0.717, 1.165) is 11.4 Å². The highest BCUT2D eigenvalue weighted by Crippen LogP contribution is 2.12. The largest absolute Gasteiger partial charge is 0.343 e. The second kappa shape index (κ2) is 5.17. The Labute approximate surface area is 95.8 Å². The quantitative estimate of drug-likeness (QED) is 0.775. The molecule has 1 atom stereocenters. The smallest absolute Gasteiger partial charge is 0.219 e. The van der Waals surface area contributed by atoms with Crippen LogP contribution in [0.25, 0.3) is 0 Å². The van der Waals surface area contributed by atoms with Crippen LogP contribution in [0, 0.1) is 0 Å². The number of hydrogen-bond donors (Lipinski definition) is 0. The van der Waals surface area contributed by atoms with Crippen molar-refractivity contribution in [2.45, 2.75) is 26.3 Å². The molecule has 1 rings (SSSR count). The Bertz CT molecular complexity index is 334. The number of halogens is 1. The molecule has 1 aromatic rings. The Morgan fingerprint density at radius 2 is 1.93 bits per heavy atom. The summed E-state index contributed by atoms with van der Waals surface area (Å²) in [6.07, 6.45) is 0.854. The number of carbonyl (C=O) groups excluding carboxylic acids is 1. The van der Waals surface area contributed by atoms with Crippen LogP contribution in [-0.4, -0.2) is 23.9 Å². The summed E-state index contributed by atoms with van der Waals surface area (Å²) in [5.41, 5.74) is 1.19. The van der Waals surface area contributed by atoms with E-state index in [9.17, 15) is 4.79 Å². The lowest BCUT2D eigenvalue weighted by Gasteiger charge is -2.23. The molecule has 1 unspecified atom stereocenters. The molecule has 1 aromatic carbocycles. The number of nitrogens with zero attached hydrogens (tertiary/aromatic N) is 1. The summed E-state index contributed by atoms with van der Waals surface area (Å²) in [4.78, 5) is 12.9. The molecule has 15 heavy (non-hydrogen) atoms. The van der Waals surface area contributed by atoms with E-state index in [4.69, 9.17) is 11.6 Å². The third kappa shape index (κ3) is 3.56. The van der Waals surface area contributed by atoms with Gasteiger partial charge >= 0.3 is 0 Å². The Balaban J connectivity index is 2.62. The summed E-state index contributed by atoms with van der Waals surface area (Å²) in [6.45, 7) is 3.62. The van der Waals surface area contributed by atoms with Crippen LogP contribution >= 0.6 is 11.6 Å². The van der Waals surface area contributed by atoms with Gasteiger partial charge < -0.3 is 4.90 Å². The summed E-state index contributed by atoms with van der Waals surface area (Å²) in [7, 11) is 1.82. The molecule has 3 heteroatoms. The maximum atomic E-state index is 11.1. The molecule has 0 heterocycles. The number of carbonyl (C=O) groups is 1. The van der Waals surface area contributed by atoms with Gasteiger partial charge in [-0.05, 0) is 31.0 Å². The number of benzene rings is 1. The molecule has 0 aliphatic rings. The van der Waals surface area contributed by atoms with Crippen molar-refractivity contribution in [1.82, 2.24) is 4.90 Å². The molecule has 0 fully saturated rings. The average Bonchev–Trinajstić information content (AvgIpc) is 2.20. The maximum Gasteiger partial charge on any atom is 0.219 e. The molecule has 82 valence electrons. The molecular formula is C12H16ClNO. The molecule has 1 amide bonds. The first-order valence-electron chi connectivity index (χ1n) is 4.98. The molecule has 0 saturated carbocycles. The second-order valence-corrected chi connectivity index (χ2v) is 4.25. The molecule has 0 aliphatic carbocycles. The summed E-state index contributed by atoms with van der Waals surface area (Å²) in [5.74, 6) is 0.0939. The van der Waals surface area contributed by atoms with E-state index in [1.165, 1.54) is 5.56 Å². The normalized spacial score (nSPS) is 12.3. The zero-order valence-electron chi connectivity index (χ0n) is 9.33. The number of likely N-dealkylation sites (N-methyl/N-ethyl adjacent to an activating group) is 1. The zero-order chi connectivity index (χ0) is 11.4. The summed E-state index contributed by atoms with van der Waals surface area (Å²) in [5, 5.41) is 0.742. The highest BCUT2D eigenvalue weighted by molar-refractivity contribution is 6.30. The van der Waals surface area contributed by atoms with Crippen molar-refractivity contribution in [1.29, 1.82) is 0 Å². The fraction of sp³-hybridized carbons (Fsp3) is 0.417. The highest BCUT2D eigenvalue weighted by atomic mass is 35.5. The topological polar surface area (TPSA) is 20.3 Å². The standard InChI is InChI=1S/C12H16ClNO/c1-9(14(3)10(2)15)8-11-4-6-12(13)7-5-11/h4-7,9H,8H2,1-3H3. The SMILES string of the molecule is CC(=O)N(C)C(C)Cc1ccc(Cl)cc1. The van der Waals surface area contributed by atoms with Gasteiger partial charge in [-0.25, -0.2) is 0 Å². The van der Waals surface area contributed by atoms with Gasteiger partial charge in [0.2, 0.25) is 5.91 Å². The molecule has 0 aliphatic heterocycles. The fourth-order valence-electron chi connectivity index (χ4n) is 1.41. The third-order valence-corrected chi connectivity index (χ3v) is 2.85. The zero-order valence-corrected chi connectivity index (χ0v) is 10.1. The molecule has 0 bridgehead atoms. The van der Waals surface area contributed by atoms with Crippen LogP contribution < -0.4 is 0 Å². The predicted molar refractivity (Wildman–Crippen MR) is 63.1 cm³/mol. The van der Waals surface area contributed by atoms with Gasteiger partial charge in [0.25, 0.3) is 0 Å². The first kappa shape index (κ1) is 12.1. The van der Waals surface area contributed by atoms with Crippen LogP contribution in [-0.2, 0) is 11.2 Å². The van der Waals surface area contributed by atoms with Crippen molar-refractivity contribution >= 4 is 17.5 Å². The Morgan fingerprint density at radius 1 is 1.40 bits per heavy atom. The summed E-state index contributed by atoms with van der Waals surface area (Å²) in [6, 6.07) is 7.94. The van der Waals surface area contributed by atoms with E-state index >= 15 is 0 Å². The van der Waals surface area contributed by atoms with Crippen molar-refractivity contribution in [2.24, 2.45) is 0 Å². The van der Waals surface area contributed by atoms with Crippen molar-refractivity contribution in [3.05, 3.63) is 34.9 Å². The number of rotatable bonds is 3. The predicted octanol–water partition coefficient (Wildman–Crippen LogP) is 2.75. The van der Waals surface area contributed by atoms with Gasteiger partial charge in [-0.1, -0.05) is 23.7 Å². The molecular weight excluding hydrogens is 210 g/mol.